The second kappa shape index (κ2) is 14.1. The van der Waals surface area contributed by atoms with E-state index >= 15 is 0 Å². The van der Waals surface area contributed by atoms with Crippen LogP contribution in [-0.4, -0.2) is 0 Å². The van der Waals surface area contributed by atoms with E-state index in [1.54, 1.807) is 6.08 Å². The van der Waals surface area contributed by atoms with Gasteiger partial charge in [-0.05, 0) is 88.0 Å². The molecule has 0 nitrogen and oxygen atoms in total. The summed E-state index contributed by atoms with van der Waals surface area (Å²) >= 11 is 0. The van der Waals surface area contributed by atoms with Gasteiger partial charge in [0.25, 0.3) is 0 Å². The summed E-state index contributed by atoms with van der Waals surface area (Å²) in [7, 11) is 0. The van der Waals surface area contributed by atoms with Crippen LogP contribution in [0.1, 0.15) is 51.3 Å². The highest BCUT2D eigenvalue weighted by Crippen LogP contribution is 2.41. The maximum absolute atomic E-state index is 3.36. The maximum Gasteiger partial charge on any atom is -0.00268 e. The molecule has 0 saturated heterocycles. The van der Waals surface area contributed by atoms with E-state index in [2.05, 4.69) is 117 Å². The van der Waals surface area contributed by atoms with Crippen molar-refractivity contribution >= 4 is 10.8 Å². The average Bonchev–Trinajstić information content (AvgIpc) is 2.99. The van der Waals surface area contributed by atoms with Gasteiger partial charge >= 0.3 is 0 Å². The van der Waals surface area contributed by atoms with Crippen molar-refractivity contribution in [3.05, 3.63) is 132 Å². The highest BCUT2D eigenvalue weighted by atomic mass is 14.2. The summed E-state index contributed by atoms with van der Waals surface area (Å²) in [5, 5.41) is 2.59. The Labute approximate surface area is 230 Å². The molecule has 0 heterocycles. The Morgan fingerprint density at radius 2 is 1.16 bits per heavy atom. The fourth-order valence-electron chi connectivity index (χ4n) is 5.03. The number of aryl methyl sites for hydroxylation is 3. The molecule has 6 rings (SSSR count). The lowest BCUT2D eigenvalue weighted by molar-refractivity contribution is 0.942. The van der Waals surface area contributed by atoms with Gasteiger partial charge in [-0.3, -0.25) is 0 Å². The first kappa shape index (κ1) is 28.7. The molecule has 0 N–H and O–H groups in total. The van der Waals surface area contributed by atoms with Crippen LogP contribution in [0.15, 0.2) is 116 Å². The average molecular weight is 499 g/mol. The molecule has 0 spiro atoms. The Morgan fingerprint density at radius 1 is 0.579 bits per heavy atom. The zero-order valence-electron chi connectivity index (χ0n) is 24.0. The maximum atomic E-state index is 3.36. The Hall–Kier alpha value is -3.90. The molecule has 0 aliphatic heterocycles. The molecule has 0 atom stereocenters. The van der Waals surface area contributed by atoms with Crippen molar-refractivity contribution in [3.63, 3.8) is 0 Å². The van der Waals surface area contributed by atoms with E-state index in [1.807, 2.05) is 34.6 Å². The Bertz CT molecular complexity index is 1470. The number of hydrogen-bond donors (Lipinski definition) is 0. The minimum atomic E-state index is 1.12. The van der Waals surface area contributed by atoms with Gasteiger partial charge in [-0.1, -0.05) is 136 Å². The van der Waals surface area contributed by atoms with Crippen molar-refractivity contribution in [3.8, 4) is 33.4 Å². The lowest BCUT2D eigenvalue weighted by Crippen LogP contribution is -2.03. The largest absolute Gasteiger partial charge is 0.103 e. The second-order valence-electron chi connectivity index (χ2n) is 9.01. The summed E-state index contributed by atoms with van der Waals surface area (Å²) in [4.78, 5) is 0. The number of benzene rings is 5. The van der Waals surface area contributed by atoms with Crippen LogP contribution in [0.5, 0.6) is 0 Å². The predicted molar refractivity (Wildman–Crippen MR) is 171 cm³/mol. The fourth-order valence-corrected chi connectivity index (χ4v) is 5.03. The van der Waals surface area contributed by atoms with Crippen LogP contribution in [-0.2, 0) is 12.8 Å². The molecule has 1 aliphatic rings. The minimum absolute atomic E-state index is 1.12. The van der Waals surface area contributed by atoms with Gasteiger partial charge in [0.15, 0.2) is 0 Å². The summed E-state index contributed by atoms with van der Waals surface area (Å²) in [6.07, 6.45) is 4.00. The van der Waals surface area contributed by atoms with Gasteiger partial charge in [0.1, 0.15) is 0 Å². The molecule has 0 heteroatoms. The van der Waals surface area contributed by atoms with E-state index in [4.69, 9.17) is 0 Å². The standard InChI is InChI=1S/C31H24.C3H6.2C2H6/c1-21-10-12-25(13-11-21)31-28-9-5-3-7-23(28)18-19-29(31)26-17-16-24-15-14-22-6-2-4-8-27(22)30(24)20-26;1-3-2;2*1-2/h2-13,16-20H,14-15H2,1H3;3H,1H2,2H3;2*1-2H3. The molecular weight excluding hydrogens is 456 g/mol. The van der Waals surface area contributed by atoms with E-state index in [-0.39, 0.29) is 0 Å². The van der Waals surface area contributed by atoms with Crippen LogP contribution in [0.3, 0.4) is 0 Å². The van der Waals surface area contributed by atoms with Crippen molar-refractivity contribution in [2.45, 2.75) is 54.4 Å². The van der Waals surface area contributed by atoms with E-state index in [0.29, 0.717) is 0 Å². The first-order valence-corrected chi connectivity index (χ1v) is 14.1. The SMILES string of the molecule is C=CC.CC.CC.Cc1ccc(-c2c(-c3ccc4c(c3)-c3ccccc3CC4)ccc3ccccc23)cc1. The molecule has 194 valence electrons. The van der Waals surface area contributed by atoms with Crippen LogP contribution < -0.4 is 0 Å². The molecule has 0 fully saturated rings. The topological polar surface area (TPSA) is 0 Å². The van der Waals surface area contributed by atoms with Crippen LogP contribution in [0.2, 0.25) is 0 Å². The third kappa shape index (κ3) is 6.14. The number of fused-ring (bicyclic) bond motifs is 4. The molecule has 5 aromatic carbocycles. The third-order valence-electron chi connectivity index (χ3n) is 6.66. The van der Waals surface area contributed by atoms with Gasteiger partial charge < -0.3 is 0 Å². The number of rotatable bonds is 2. The number of hydrogen-bond acceptors (Lipinski definition) is 0. The van der Waals surface area contributed by atoms with Gasteiger partial charge in [0.05, 0.1) is 0 Å². The molecule has 0 saturated carbocycles. The third-order valence-corrected chi connectivity index (χ3v) is 6.66. The fraction of sp³-hybridized carbons (Fsp3) is 0.211. The van der Waals surface area contributed by atoms with Crippen LogP contribution in [0.25, 0.3) is 44.2 Å². The van der Waals surface area contributed by atoms with E-state index < -0.39 is 0 Å². The van der Waals surface area contributed by atoms with Crippen molar-refractivity contribution in [2.24, 2.45) is 0 Å². The molecule has 0 bridgehead atoms. The van der Waals surface area contributed by atoms with E-state index in [9.17, 15) is 0 Å². The van der Waals surface area contributed by atoms with Gasteiger partial charge in [-0.25, -0.2) is 0 Å². The Balaban J connectivity index is 0.000000526. The van der Waals surface area contributed by atoms with Crippen LogP contribution in [0, 0.1) is 6.92 Å². The summed E-state index contributed by atoms with van der Waals surface area (Å²) in [6.45, 7) is 15.4. The van der Waals surface area contributed by atoms with Crippen molar-refractivity contribution in [1.29, 1.82) is 0 Å². The molecule has 1 aliphatic carbocycles. The van der Waals surface area contributed by atoms with Crippen LogP contribution >= 0.6 is 0 Å². The molecule has 0 unspecified atom stereocenters. The number of allylic oxidation sites excluding steroid dienone is 1. The molecule has 0 aromatic heterocycles. The monoisotopic (exact) mass is 498 g/mol. The summed E-state index contributed by atoms with van der Waals surface area (Å²) < 4.78 is 0. The zero-order chi connectivity index (χ0) is 27.5. The van der Waals surface area contributed by atoms with Crippen molar-refractivity contribution in [1.82, 2.24) is 0 Å². The second-order valence-corrected chi connectivity index (χ2v) is 9.01. The first-order valence-electron chi connectivity index (χ1n) is 14.1. The molecular formula is C38H42. The first-order chi connectivity index (χ1) is 18.7. The Kier molecular flexibility index (Phi) is 10.7. The molecule has 0 radical (unpaired) electrons. The van der Waals surface area contributed by atoms with E-state index in [1.165, 1.54) is 60.8 Å². The summed E-state index contributed by atoms with van der Waals surface area (Å²) in [5.41, 5.74) is 12.2. The summed E-state index contributed by atoms with van der Waals surface area (Å²) in [6, 6.07) is 38.2. The zero-order valence-corrected chi connectivity index (χ0v) is 24.0. The van der Waals surface area contributed by atoms with Crippen molar-refractivity contribution in [2.75, 3.05) is 0 Å². The van der Waals surface area contributed by atoms with Gasteiger partial charge in [0, 0.05) is 0 Å². The highest BCUT2D eigenvalue weighted by molar-refractivity contribution is 6.04. The normalized spacial score (nSPS) is 10.8. The Morgan fingerprint density at radius 3 is 1.87 bits per heavy atom. The van der Waals surface area contributed by atoms with Gasteiger partial charge in [-0.2, -0.15) is 0 Å². The smallest absolute Gasteiger partial charge is 0.00268 e. The quantitative estimate of drug-likeness (QED) is 0.212. The molecule has 38 heavy (non-hydrogen) atoms. The van der Waals surface area contributed by atoms with Crippen LogP contribution in [0.4, 0.5) is 0 Å². The van der Waals surface area contributed by atoms with Crippen molar-refractivity contribution < 1.29 is 0 Å². The van der Waals surface area contributed by atoms with E-state index in [0.717, 1.165) is 12.8 Å². The summed E-state index contributed by atoms with van der Waals surface area (Å²) in [5.74, 6) is 0. The lowest BCUT2D eigenvalue weighted by atomic mass is 9.82. The lowest BCUT2D eigenvalue weighted by Gasteiger charge is -2.21. The highest BCUT2D eigenvalue weighted by Gasteiger charge is 2.18. The molecule has 0 amide bonds. The molecule has 5 aromatic rings. The minimum Gasteiger partial charge on any atom is -0.103 e. The van der Waals surface area contributed by atoms with Gasteiger partial charge in [-0.15, -0.1) is 6.58 Å². The van der Waals surface area contributed by atoms with Gasteiger partial charge in [0.2, 0.25) is 0 Å². The predicted octanol–water partition coefficient (Wildman–Crippen LogP) is 11.5.